The van der Waals surface area contributed by atoms with E-state index in [1.807, 2.05) is 6.92 Å². The maximum atomic E-state index is 13.2. The van der Waals surface area contributed by atoms with E-state index in [1.54, 1.807) is 10.9 Å². The number of aromatic nitrogens is 2. The van der Waals surface area contributed by atoms with Crippen molar-refractivity contribution in [1.82, 2.24) is 9.78 Å². The van der Waals surface area contributed by atoms with Crippen LogP contribution in [0.1, 0.15) is 38.2 Å². The van der Waals surface area contributed by atoms with Gasteiger partial charge in [-0.1, -0.05) is 0 Å². The van der Waals surface area contributed by atoms with Gasteiger partial charge in [-0.3, -0.25) is 9.48 Å². The second-order valence-electron chi connectivity index (χ2n) is 4.83. The van der Waals surface area contributed by atoms with Gasteiger partial charge in [0.1, 0.15) is 0 Å². The average Bonchev–Trinajstić information content (AvgIpc) is 2.78. The molecule has 0 saturated heterocycles. The van der Waals surface area contributed by atoms with Crippen LogP contribution < -0.4 is 0 Å². The van der Waals surface area contributed by atoms with E-state index in [-0.39, 0.29) is 25.7 Å². The first-order valence-corrected chi connectivity index (χ1v) is 6.04. The molecule has 6 heteroatoms. The van der Waals surface area contributed by atoms with Crippen LogP contribution in [0, 0.1) is 0 Å². The predicted octanol–water partition coefficient (Wildman–Crippen LogP) is 2.43. The number of aliphatic carboxylic acids is 1. The van der Waals surface area contributed by atoms with Crippen LogP contribution in [-0.4, -0.2) is 26.8 Å². The van der Waals surface area contributed by atoms with E-state index in [1.165, 1.54) is 6.20 Å². The summed E-state index contributed by atoms with van der Waals surface area (Å²) in [7, 11) is 0. The molecular weight excluding hydrogens is 242 g/mol. The van der Waals surface area contributed by atoms with Gasteiger partial charge in [0.2, 0.25) is 5.92 Å². The molecule has 100 valence electrons. The Morgan fingerprint density at radius 3 is 2.50 bits per heavy atom. The number of rotatable bonds is 3. The smallest absolute Gasteiger partial charge is 0.314 e. The van der Waals surface area contributed by atoms with Gasteiger partial charge >= 0.3 is 5.97 Å². The number of aryl methyl sites for hydroxylation is 1. The van der Waals surface area contributed by atoms with Crippen molar-refractivity contribution in [2.75, 3.05) is 0 Å². The summed E-state index contributed by atoms with van der Waals surface area (Å²) in [4.78, 5) is 11.5. The lowest BCUT2D eigenvalue weighted by Crippen LogP contribution is -2.42. The fourth-order valence-corrected chi connectivity index (χ4v) is 2.45. The molecule has 1 aliphatic carbocycles. The molecule has 0 spiro atoms. The number of hydrogen-bond acceptors (Lipinski definition) is 2. The van der Waals surface area contributed by atoms with Crippen LogP contribution in [0.2, 0.25) is 0 Å². The molecular formula is C12H16F2N2O2. The number of halogens is 2. The quantitative estimate of drug-likeness (QED) is 0.906. The van der Waals surface area contributed by atoms with Crippen molar-refractivity contribution in [3.05, 3.63) is 18.0 Å². The fraction of sp³-hybridized carbons (Fsp3) is 0.667. The van der Waals surface area contributed by atoms with Crippen molar-refractivity contribution in [1.29, 1.82) is 0 Å². The molecule has 1 N–H and O–H groups in total. The molecule has 1 aromatic rings. The highest BCUT2D eigenvalue weighted by Crippen LogP contribution is 2.45. The summed E-state index contributed by atoms with van der Waals surface area (Å²) in [5, 5.41) is 13.5. The van der Waals surface area contributed by atoms with E-state index in [4.69, 9.17) is 0 Å². The summed E-state index contributed by atoms with van der Waals surface area (Å²) in [5.74, 6) is -3.77. The first-order chi connectivity index (χ1) is 8.39. The van der Waals surface area contributed by atoms with Gasteiger partial charge in [-0.05, 0) is 19.8 Å². The Hall–Kier alpha value is -1.46. The molecule has 1 aliphatic rings. The number of carboxylic acids is 1. The molecule has 0 atom stereocenters. The van der Waals surface area contributed by atoms with E-state index >= 15 is 0 Å². The number of alkyl halides is 2. The number of hydrogen-bond donors (Lipinski definition) is 1. The van der Waals surface area contributed by atoms with Gasteiger partial charge in [-0.15, -0.1) is 0 Å². The van der Waals surface area contributed by atoms with E-state index in [0.717, 1.165) is 0 Å². The maximum absolute atomic E-state index is 13.2. The largest absolute Gasteiger partial charge is 0.481 e. The summed E-state index contributed by atoms with van der Waals surface area (Å²) >= 11 is 0. The maximum Gasteiger partial charge on any atom is 0.314 e. The molecule has 18 heavy (non-hydrogen) atoms. The van der Waals surface area contributed by atoms with Crippen LogP contribution in [0.3, 0.4) is 0 Å². The van der Waals surface area contributed by atoms with Gasteiger partial charge in [0, 0.05) is 31.1 Å². The fourth-order valence-electron chi connectivity index (χ4n) is 2.45. The Balaban J connectivity index is 2.31. The first-order valence-electron chi connectivity index (χ1n) is 6.04. The Morgan fingerprint density at radius 2 is 2.06 bits per heavy atom. The van der Waals surface area contributed by atoms with E-state index < -0.39 is 17.3 Å². The summed E-state index contributed by atoms with van der Waals surface area (Å²) in [5.41, 5.74) is -0.665. The van der Waals surface area contributed by atoms with Gasteiger partial charge in [0.05, 0.1) is 11.6 Å². The second-order valence-corrected chi connectivity index (χ2v) is 4.83. The van der Waals surface area contributed by atoms with Crippen molar-refractivity contribution in [3.8, 4) is 0 Å². The SMILES string of the molecule is CCn1cc(C2(C(=O)O)CCC(F)(F)CC2)cn1. The van der Waals surface area contributed by atoms with Crippen molar-refractivity contribution >= 4 is 5.97 Å². The molecule has 0 aromatic carbocycles. The van der Waals surface area contributed by atoms with Crippen molar-refractivity contribution < 1.29 is 18.7 Å². The molecule has 0 aliphatic heterocycles. The zero-order chi connectivity index (χ0) is 13.4. The van der Waals surface area contributed by atoms with Crippen molar-refractivity contribution in [3.63, 3.8) is 0 Å². The van der Waals surface area contributed by atoms with Gasteiger partial charge < -0.3 is 5.11 Å². The van der Waals surface area contributed by atoms with Gasteiger partial charge in [-0.25, -0.2) is 8.78 Å². The minimum absolute atomic E-state index is 0.0370. The highest BCUT2D eigenvalue weighted by molar-refractivity contribution is 5.81. The molecule has 1 heterocycles. The van der Waals surface area contributed by atoms with E-state index in [9.17, 15) is 18.7 Å². The summed E-state index contributed by atoms with van der Waals surface area (Å²) in [6, 6.07) is 0. The minimum atomic E-state index is -2.74. The zero-order valence-electron chi connectivity index (χ0n) is 10.2. The van der Waals surface area contributed by atoms with Crippen LogP contribution in [0.15, 0.2) is 12.4 Å². The van der Waals surface area contributed by atoms with E-state index in [0.29, 0.717) is 12.1 Å². The van der Waals surface area contributed by atoms with Crippen molar-refractivity contribution in [2.24, 2.45) is 0 Å². The molecule has 2 rings (SSSR count). The first kappa shape index (κ1) is 13.0. The van der Waals surface area contributed by atoms with Gasteiger partial charge in [-0.2, -0.15) is 5.10 Å². The van der Waals surface area contributed by atoms with Crippen LogP contribution in [0.4, 0.5) is 8.78 Å². The standard InChI is InChI=1S/C12H16F2N2O2/c1-2-16-8-9(7-15-16)11(10(17)18)3-5-12(13,14)6-4-11/h7-8H,2-6H2,1H3,(H,17,18). The topological polar surface area (TPSA) is 55.1 Å². The third-order valence-electron chi connectivity index (χ3n) is 3.75. The Morgan fingerprint density at radius 1 is 1.44 bits per heavy atom. The molecule has 4 nitrogen and oxygen atoms in total. The molecule has 1 saturated carbocycles. The molecule has 0 radical (unpaired) electrons. The van der Waals surface area contributed by atoms with Gasteiger partial charge in [0.15, 0.2) is 0 Å². The van der Waals surface area contributed by atoms with Crippen molar-refractivity contribution in [2.45, 2.75) is 50.5 Å². The van der Waals surface area contributed by atoms with Crippen LogP contribution in [0.5, 0.6) is 0 Å². The third kappa shape index (κ3) is 2.11. The lowest BCUT2D eigenvalue weighted by Gasteiger charge is -2.36. The zero-order valence-corrected chi connectivity index (χ0v) is 10.2. The number of nitrogens with zero attached hydrogens (tertiary/aromatic N) is 2. The molecule has 1 aromatic heterocycles. The normalized spacial score (nSPS) is 21.7. The highest BCUT2D eigenvalue weighted by atomic mass is 19.3. The predicted molar refractivity (Wildman–Crippen MR) is 60.6 cm³/mol. The third-order valence-corrected chi connectivity index (χ3v) is 3.75. The Kier molecular flexibility index (Phi) is 3.12. The lowest BCUT2D eigenvalue weighted by atomic mass is 9.69. The average molecular weight is 258 g/mol. The number of carboxylic acid groups (broad SMARTS) is 1. The monoisotopic (exact) mass is 258 g/mol. The molecule has 0 bridgehead atoms. The minimum Gasteiger partial charge on any atom is -0.481 e. The van der Waals surface area contributed by atoms with Gasteiger partial charge in [0.25, 0.3) is 0 Å². The van der Waals surface area contributed by atoms with Crippen LogP contribution >= 0.6 is 0 Å². The lowest BCUT2D eigenvalue weighted by molar-refractivity contribution is -0.149. The molecule has 0 amide bonds. The van der Waals surface area contributed by atoms with Crippen LogP contribution in [-0.2, 0) is 16.8 Å². The molecule has 1 fully saturated rings. The Labute approximate surface area is 104 Å². The molecule has 0 unspecified atom stereocenters. The highest BCUT2D eigenvalue weighted by Gasteiger charge is 2.49. The second kappa shape index (κ2) is 4.33. The summed E-state index contributed by atoms with van der Waals surface area (Å²) in [6.07, 6.45) is 2.31. The summed E-state index contributed by atoms with van der Waals surface area (Å²) in [6.45, 7) is 2.52. The summed E-state index contributed by atoms with van der Waals surface area (Å²) < 4.78 is 28.0. The van der Waals surface area contributed by atoms with E-state index in [2.05, 4.69) is 5.10 Å². The number of carbonyl (C=O) groups is 1. The Bertz CT molecular complexity index is 447. The van der Waals surface area contributed by atoms with Crippen LogP contribution in [0.25, 0.3) is 0 Å².